The molecule has 0 amide bonds. The van der Waals surface area contributed by atoms with E-state index >= 15 is 0 Å². The highest BCUT2D eigenvalue weighted by molar-refractivity contribution is 5.20. The SMILES string of the molecule is CC(CC(CC(C)C1CC1)C1CCC(C(C)(CC(C)C2CCC2)C2CCOC2)CC1)c1cccc(F)c1. The van der Waals surface area contributed by atoms with Crippen LogP contribution < -0.4 is 0 Å². The first-order chi connectivity index (χ1) is 17.8. The highest BCUT2D eigenvalue weighted by Gasteiger charge is 2.46. The van der Waals surface area contributed by atoms with Crippen LogP contribution in [0.3, 0.4) is 0 Å². The molecule has 4 aliphatic rings. The molecule has 208 valence electrons. The van der Waals surface area contributed by atoms with E-state index in [1.54, 1.807) is 12.1 Å². The van der Waals surface area contributed by atoms with E-state index in [1.165, 1.54) is 89.0 Å². The Morgan fingerprint density at radius 3 is 2.14 bits per heavy atom. The van der Waals surface area contributed by atoms with Crippen LogP contribution in [0.5, 0.6) is 0 Å². The van der Waals surface area contributed by atoms with E-state index in [0.717, 1.165) is 60.6 Å². The summed E-state index contributed by atoms with van der Waals surface area (Å²) in [6.45, 7) is 12.1. The summed E-state index contributed by atoms with van der Waals surface area (Å²) in [5.41, 5.74) is 1.64. The summed E-state index contributed by atoms with van der Waals surface area (Å²) in [6, 6.07) is 7.40. The van der Waals surface area contributed by atoms with Gasteiger partial charge in [-0.3, -0.25) is 0 Å². The molecule has 5 rings (SSSR count). The average Bonchev–Trinajstić information content (AvgIpc) is 3.55. The lowest BCUT2D eigenvalue weighted by Gasteiger charge is -2.49. The molecule has 3 saturated carbocycles. The molecular formula is C35H55FO. The van der Waals surface area contributed by atoms with Gasteiger partial charge in [0.15, 0.2) is 0 Å². The van der Waals surface area contributed by atoms with Crippen molar-refractivity contribution >= 4 is 0 Å². The molecule has 1 aliphatic heterocycles. The number of halogens is 1. The molecule has 37 heavy (non-hydrogen) atoms. The Labute approximate surface area is 227 Å². The largest absolute Gasteiger partial charge is 0.381 e. The Morgan fingerprint density at radius 2 is 1.54 bits per heavy atom. The van der Waals surface area contributed by atoms with Crippen molar-refractivity contribution < 1.29 is 9.13 Å². The maximum absolute atomic E-state index is 14.0. The van der Waals surface area contributed by atoms with Crippen molar-refractivity contribution in [2.45, 2.75) is 117 Å². The molecule has 4 fully saturated rings. The van der Waals surface area contributed by atoms with Gasteiger partial charge in [0.25, 0.3) is 0 Å². The lowest BCUT2D eigenvalue weighted by Crippen LogP contribution is -2.41. The second-order valence-electron chi connectivity index (χ2n) is 14.6. The zero-order valence-electron chi connectivity index (χ0n) is 24.4. The van der Waals surface area contributed by atoms with E-state index in [-0.39, 0.29) is 5.82 Å². The predicted octanol–water partition coefficient (Wildman–Crippen LogP) is 10.0. The number of benzene rings is 1. The second-order valence-corrected chi connectivity index (χ2v) is 14.6. The first-order valence-corrected chi connectivity index (χ1v) is 16.2. The molecule has 1 nitrogen and oxygen atoms in total. The fourth-order valence-electron chi connectivity index (χ4n) is 9.06. The van der Waals surface area contributed by atoms with E-state index in [0.29, 0.717) is 11.3 Å². The van der Waals surface area contributed by atoms with Crippen molar-refractivity contribution in [3.8, 4) is 0 Å². The number of hydrogen-bond acceptors (Lipinski definition) is 1. The summed E-state index contributed by atoms with van der Waals surface area (Å²) in [5.74, 6) is 7.29. The highest BCUT2D eigenvalue weighted by Crippen LogP contribution is 2.54. The van der Waals surface area contributed by atoms with Crippen molar-refractivity contribution in [1.82, 2.24) is 0 Å². The highest BCUT2D eigenvalue weighted by atomic mass is 19.1. The van der Waals surface area contributed by atoms with Gasteiger partial charge in [-0.05, 0) is 141 Å². The normalized spacial score (nSPS) is 31.8. The molecule has 0 spiro atoms. The summed E-state index contributed by atoms with van der Waals surface area (Å²) in [5, 5.41) is 0. The van der Waals surface area contributed by atoms with Gasteiger partial charge in [0.2, 0.25) is 0 Å². The molecule has 1 aromatic carbocycles. The van der Waals surface area contributed by atoms with E-state index in [1.807, 2.05) is 6.07 Å². The van der Waals surface area contributed by atoms with Gasteiger partial charge in [-0.2, -0.15) is 0 Å². The third-order valence-electron chi connectivity index (χ3n) is 12.1. The van der Waals surface area contributed by atoms with E-state index in [9.17, 15) is 4.39 Å². The third-order valence-corrected chi connectivity index (χ3v) is 12.1. The van der Waals surface area contributed by atoms with Gasteiger partial charge in [0, 0.05) is 13.2 Å². The zero-order chi connectivity index (χ0) is 26.0. The Morgan fingerprint density at radius 1 is 0.838 bits per heavy atom. The van der Waals surface area contributed by atoms with Crippen molar-refractivity contribution in [1.29, 1.82) is 0 Å². The number of rotatable bonds is 12. The van der Waals surface area contributed by atoms with Crippen LogP contribution in [0.15, 0.2) is 24.3 Å². The van der Waals surface area contributed by atoms with Gasteiger partial charge in [-0.25, -0.2) is 4.39 Å². The Bertz CT molecular complexity index is 845. The molecule has 0 bridgehead atoms. The molecule has 3 aliphatic carbocycles. The van der Waals surface area contributed by atoms with E-state index in [2.05, 4.69) is 33.8 Å². The minimum Gasteiger partial charge on any atom is -0.381 e. The molecule has 0 aromatic heterocycles. The molecule has 1 aromatic rings. The summed E-state index contributed by atoms with van der Waals surface area (Å²) < 4.78 is 20.0. The van der Waals surface area contributed by atoms with Crippen LogP contribution in [-0.2, 0) is 4.74 Å². The molecule has 2 heteroatoms. The summed E-state index contributed by atoms with van der Waals surface area (Å²) in [4.78, 5) is 0. The van der Waals surface area contributed by atoms with Crippen LogP contribution in [0.2, 0.25) is 0 Å². The maximum Gasteiger partial charge on any atom is 0.123 e. The topological polar surface area (TPSA) is 9.23 Å². The fraction of sp³-hybridized carbons (Fsp3) is 0.829. The molecule has 1 heterocycles. The smallest absolute Gasteiger partial charge is 0.123 e. The van der Waals surface area contributed by atoms with Gasteiger partial charge < -0.3 is 4.74 Å². The van der Waals surface area contributed by atoms with E-state index in [4.69, 9.17) is 4.74 Å². The standard InChI is InChI=1S/C35H55FO/c1-24(28-11-12-28)19-31(20-25(2)30-9-6-10-34(36)21-30)29-13-15-32(16-14-29)35(4,33-17-18-37-23-33)22-26(3)27-7-5-8-27/h6,9-10,21,24-29,31-33H,5,7-8,11-20,22-23H2,1-4H3. The molecule has 0 radical (unpaired) electrons. The third kappa shape index (κ3) is 6.64. The fourth-order valence-corrected chi connectivity index (χ4v) is 9.06. The lowest BCUT2D eigenvalue weighted by molar-refractivity contribution is -0.000294. The lowest BCUT2D eigenvalue weighted by atomic mass is 9.56. The summed E-state index contributed by atoms with van der Waals surface area (Å²) in [6.07, 6.45) is 18.2. The van der Waals surface area contributed by atoms with E-state index < -0.39 is 0 Å². The molecule has 6 atom stereocenters. The summed E-state index contributed by atoms with van der Waals surface area (Å²) in [7, 11) is 0. The van der Waals surface area contributed by atoms with Crippen LogP contribution >= 0.6 is 0 Å². The van der Waals surface area contributed by atoms with Crippen LogP contribution in [0.25, 0.3) is 0 Å². The van der Waals surface area contributed by atoms with Crippen molar-refractivity contribution in [2.75, 3.05) is 13.2 Å². The van der Waals surface area contributed by atoms with Gasteiger partial charge in [0.05, 0.1) is 0 Å². The number of hydrogen-bond donors (Lipinski definition) is 0. The van der Waals surface area contributed by atoms with Gasteiger partial charge in [0.1, 0.15) is 5.82 Å². The van der Waals surface area contributed by atoms with Crippen molar-refractivity contribution in [2.24, 2.45) is 52.8 Å². The maximum atomic E-state index is 14.0. The molecule has 1 saturated heterocycles. The second kappa shape index (κ2) is 12.1. The zero-order valence-corrected chi connectivity index (χ0v) is 24.4. The minimum absolute atomic E-state index is 0.0842. The molecular weight excluding hydrogens is 455 g/mol. The Hall–Kier alpha value is -0.890. The molecule has 0 N–H and O–H groups in total. The quantitative estimate of drug-likeness (QED) is 0.272. The minimum atomic E-state index is -0.0842. The first kappa shape index (κ1) is 27.7. The first-order valence-electron chi connectivity index (χ1n) is 16.2. The van der Waals surface area contributed by atoms with Crippen molar-refractivity contribution in [3.05, 3.63) is 35.6 Å². The van der Waals surface area contributed by atoms with Crippen LogP contribution in [0.4, 0.5) is 4.39 Å². The van der Waals surface area contributed by atoms with Crippen LogP contribution in [0.1, 0.15) is 123 Å². The van der Waals surface area contributed by atoms with Gasteiger partial charge in [-0.15, -0.1) is 0 Å². The summed E-state index contributed by atoms with van der Waals surface area (Å²) >= 11 is 0. The monoisotopic (exact) mass is 510 g/mol. The van der Waals surface area contributed by atoms with Gasteiger partial charge >= 0.3 is 0 Å². The van der Waals surface area contributed by atoms with Crippen LogP contribution in [0, 0.1) is 58.6 Å². The Kier molecular flexibility index (Phi) is 9.05. The molecule has 6 unspecified atom stereocenters. The van der Waals surface area contributed by atoms with Crippen LogP contribution in [-0.4, -0.2) is 13.2 Å². The van der Waals surface area contributed by atoms with Gasteiger partial charge in [-0.1, -0.05) is 59.1 Å². The Balaban J connectivity index is 1.25. The van der Waals surface area contributed by atoms with Crippen molar-refractivity contribution in [3.63, 3.8) is 0 Å². The average molecular weight is 511 g/mol. The number of ether oxygens (including phenoxy) is 1. The predicted molar refractivity (Wildman–Crippen MR) is 153 cm³/mol.